The van der Waals surface area contributed by atoms with Gasteiger partial charge in [-0.2, -0.15) is 0 Å². The number of guanidine groups is 1. The maximum Gasteiger partial charge on any atom is 0.191 e. The lowest BCUT2D eigenvalue weighted by Gasteiger charge is -2.39. The third kappa shape index (κ3) is 4.66. The summed E-state index contributed by atoms with van der Waals surface area (Å²) >= 11 is 0. The number of hydrogen-bond donors (Lipinski definition) is 2. The molecular weight excluding hydrogens is 240 g/mol. The van der Waals surface area contributed by atoms with Gasteiger partial charge in [0.2, 0.25) is 0 Å². The second-order valence-electron chi connectivity index (χ2n) is 6.03. The van der Waals surface area contributed by atoms with Crippen molar-refractivity contribution in [3.8, 4) is 0 Å². The van der Waals surface area contributed by atoms with E-state index in [0.29, 0.717) is 6.04 Å². The summed E-state index contributed by atoms with van der Waals surface area (Å²) in [5.74, 6) is 0.964. The Morgan fingerprint density at radius 1 is 1.32 bits per heavy atom. The van der Waals surface area contributed by atoms with Crippen LogP contribution < -0.4 is 10.6 Å². The minimum atomic E-state index is 0.0929. The summed E-state index contributed by atoms with van der Waals surface area (Å²) in [7, 11) is 0. The number of morpholine rings is 1. The number of rotatable bonds is 5. The molecule has 0 aromatic rings. The number of hydrogen-bond acceptors (Lipinski definition) is 3. The van der Waals surface area contributed by atoms with Crippen molar-refractivity contribution < 1.29 is 4.74 Å². The number of aliphatic imine (C=N–C) groups is 1. The quantitative estimate of drug-likeness (QED) is 0.572. The Morgan fingerprint density at radius 2 is 2.00 bits per heavy atom. The molecule has 110 valence electrons. The zero-order valence-electron chi connectivity index (χ0n) is 12.5. The van der Waals surface area contributed by atoms with Crippen molar-refractivity contribution in [1.82, 2.24) is 15.5 Å². The molecular formula is C14H28N4O. The van der Waals surface area contributed by atoms with Crippen LogP contribution >= 0.6 is 0 Å². The average Bonchev–Trinajstić information content (AvgIpc) is 3.21. The van der Waals surface area contributed by atoms with Crippen LogP contribution in [0.3, 0.4) is 0 Å². The van der Waals surface area contributed by atoms with Gasteiger partial charge in [0.25, 0.3) is 0 Å². The Hall–Kier alpha value is -0.810. The Kier molecular flexibility index (Phi) is 5.05. The van der Waals surface area contributed by atoms with E-state index in [-0.39, 0.29) is 5.54 Å². The summed E-state index contributed by atoms with van der Waals surface area (Å²) in [5, 5.41) is 6.79. The first-order valence-electron chi connectivity index (χ1n) is 7.49. The van der Waals surface area contributed by atoms with E-state index < -0.39 is 0 Å². The van der Waals surface area contributed by atoms with E-state index in [1.54, 1.807) is 0 Å². The van der Waals surface area contributed by atoms with Gasteiger partial charge < -0.3 is 15.4 Å². The van der Waals surface area contributed by atoms with E-state index in [0.717, 1.165) is 45.4 Å². The molecule has 5 nitrogen and oxygen atoms in total. The van der Waals surface area contributed by atoms with Gasteiger partial charge in [-0.25, -0.2) is 0 Å². The lowest BCUT2D eigenvalue weighted by molar-refractivity contribution is -0.00683. The van der Waals surface area contributed by atoms with Crippen LogP contribution in [0, 0.1) is 0 Å². The van der Waals surface area contributed by atoms with Gasteiger partial charge >= 0.3 is 0 Å². The first-order valence-corrected chi connectivity index (χ1v) is 7.49. The molecule has 1 saturated carbocycles. The van der Waals surface area contributed by atoms with Gasteiger partial charge in [0.1, 0.15) is 0 Å². The summed E-state index contributed by atoms with van der Waals surface area (Å²) in [6.45, 7) is 12.1. The van der Waals surface area contributed by atoms with E-state index in [1.165, 1.54) is 12.8 Å². The molecule has 0 radical (unpaired) electrons. The van der Waals surface area contributed by atoms with Crippen molar-refractivity contribution in [2.75, 3.05) is 39.4 Å². The van der Waals surface area contributed by atoms with E-state index >= 15 is 0 Å². The molecule has 1 saturated heterocycles. The zero-order valence-corrected chi connectivity index (χ0v) is 12.5. The van der Waals surface area contributed by atoms with Crippen LogP contribution in [-0.4, -0.2) is 61.8 Å². The molecule has 1 aliphatic heterocycles. The monoisotopic (exact) mass is 268 g/mol. The molecule has 0 bridgehead atoms. The number of nitrogens with zero attached hydrogens (tertiary/aromatic N) is 2. The van der Waals surface area contributed by atoms with Gasteiger partial charge in [-0.1, -0.05) is 0 Å². The normalized spacial score (nSPS) is 22.4. The van der Waals surface area contributed by atoms with Crippen LogP contribution in [0.4, 0.5) is 0 Å². The van der Waals surface area contributed by atoms with Crippen LogP contribution in [0.1, 0.15) is 33.6 Å². The van der Waals surface area contributed by atoms with Crippen molar-refractivity contribution in [3.05, 3.63) is 0 Å². The molecule has 19 heavy (non-hydrogen) atoms. The van der Waals surface area contributed by atoms with Crippen molar-refractivity contribution in [2.24, 2.45) is 4.99 Å². The molecule has 2 aliphatic rings. The van der Waals surface area contributed by atoms with Crippen molar-refractivity contribution in [3.63, 3.8) is 0 Å². The first kappa shape index (κ1) is 14.6. The van der Waals surface area contributed by atoms with Crippen molar-refractivity contribution in [1.29, 1.82) is 0 Å². The Balaban J connectivity index is 1.88. The lowest BCUT2D eigenvalue weighted by atomic mass is 10.0. The van der Waals surface area contributed by atoms with Crippen LogP contribution in [0.2, 0.25) is 0 Å². The van der Waals surface area contributed by atoms with Crippen LogP contribution in [-0.2, 0) is 4.74 Å². The Morgan fingerprint density at radius 3 is 2.58 bits per heavy atom. The highest BCUT2D eigenvalue weighted by Gasteiger charge is 2.28. The Bertz CT molecular complexity index is 307. The Labute approximate surface area is 116 Å². The summed E-state index contributed by atoms with van der Waals surface area (Å²) in [6, 6.07) is 0.643. The predicted molar refractivity (Wildman–Crippen MR) is 78.6 cm³/mol. The molecule has 2 fully saturated rings. The summed E-state index contributed by atoms with van der Waals surface area (Å²) in [4.78, 5) is 7.23. The third-order valence-corrected chi connectivity index (χ3v) is 3.75. The first-order chi connectivity index (χ1) is 9.12. The van der Waals surface area contributed by atoms with Crippen LogP contribution in [0.25, 0.3) is 0 Å². The standard InChI is InChI=1S/C14H28N4O/c1-4-15-13(17-12-5-6-12)16-11-14(2,3)18-7-9-19-10-8-18/h12H,4-11H2,1-3H3,(H2,15,16,17). The third-order valence-electron chi connectivity index (χ3n) is 3.75. The number of nitrogens with one attached hydrogen (secondary N) is 2. The number of ether oxygens (including phenoxy) is 1. The lowest BCUT2D eigenvalue weighted by Crippen LogP contribution is -2.52. The van der Waals surface area contributed by atoms with Gasteiger partial charge in [0.15, 0.2) is 5.96 Å². The summed E-state index contributed by atoms with van der Waals surface area (Å²) in [5.41, 5.74) is 0.0929. The second kappa shape index (κ2) is 6.57. The van der Waals surface area contributed by atoms with Gasteiger partial charge in [-0.05, 0) is 33.6 Å². The molecule has 0 atom stereocenters. The topological polar surface area (TPSA) is 48.9 Å². The van der Waals surface area contributed by atoms with Gasteiger partial charge in [-0.15, -0.1) is 0 Å². The van der Waals surface area contributed by atoms with Crippen molar-refractivity contribution in [2.45, 2.75) is 45.2 Å². The van der Waals surface area contributed by atoms with Gasteiger partial charge in [0, 0.05) is 31.2 Å². The minimum Gasteiger partial charge on any atom is -0.379 e. The summed E-state index contributed by atoms with van der Waals surface area (Å²) in [6.07, 6.45) is 2.55. The molecule has 0 unspecified atom stereocenters. The van der Waals surface area contributed by atoms with Crippen LogP contribution in [0.5, 0.6) is 0 Å². The fourth-order valence-electron chi connectivity index (χ4n) is 2.28. The van der Waals surface area contributed by atoms with Crippen LogP contribution in [0.15, 0.2) is 4.99 Å². The highest BCUT2D eigenvalue weighted by atomic mass is 16.5. The van der Waals surface area contributed by atoms with E-state index in [1.807, 2.05) is 0 Å². The van der Waals surface area contributed by atoms with Crippen molar-refractivity contribution >= 4 is 5.96 Å². The molecule has 0 amide bonds. The maximum absolute atomic E-state index is 5.42. The fraction of sp³-hybridized carbons (Fsp3) is 0.929. The fourth-order valence-corrected chi connectivity index (χ4v) is 2.28. The minimum absolute atomic E-state index is 0.0929. The van der Waals surface area contributed by atoms with E-state index in [2.05, 4.69) is 36.3 Å². The zero-order chi connectivity index (χ0) is 13.7. The second-order valence-corrected chi connectivity index (χ2v) is 6.03. The summed E-state index contributed by atoms with van der Waals surface area (Å²) < 4.78 is 5.42. The van der Waals surface area contributed by atoms with Gasteiger partial charge in [0.05, 0.1) is 19.8 Å². The smallest absolute Gasteiger partial charge is 0.191 e. The molecule has 1 aliphatic carbocycles. The molecule has 1 heterocycles. The predicted octanol–water partition coefficient (Wildman–Crippen LogP) is 0.815. The maximum atomic E-state index is 5.42. The highest BCUT2D eigenvalue weighted by Crippen LogP contribution is 2.19. The van der Waals surface area contributed by atoms with E-state index in [9.17, 15) is 0 Å². The molecule has 2 N–H and O–H groups in total. The molecule has 2 rings (SSSR count). The largest absolute Gasteiger partial charge is 0.379 e. The van der Waals surface area contributed by atoms with E-state index in [4.69, 9.17) is 9.73 Å². The molecule has 0 spiro atoms. The average molecular weight is 268 g/mol. The van der Waals surface area contributed by atoms with Gasteiger partial charge in [-0.3, -0.25) is 9.89 Å². The molecule has 5 heteroatoms. The molecule has 0 aromatic heterocycles. The SMILES string of the molecule is CCNC(=NCC(C)(C)N1CCOCC1)NC1CC1. The molecule has 0 aromatic carbocycles. The highest BCUT2D eigenvalue weighted by molar-refractivity contribution is 5.80.